The van der Waals surface area contributed by atoms with Crippen LogP contribution < -0.4 is 20.3 Å². The summed E-state index contributed by atoms with van der Waals surface area (Å²) in [5.74, 6) is 0.845. The molecule has 154 valence electrons. The Labute approximate surface area is 178 Å². The number of nitrogens with zero attached hydrogens (tertiary/aromatic N) is 1. The highest BCUT2D eigenvalue weighted by Gasteiger charge is 2.15. The van der Waals surface area contributed by atoms with Crippen molar-refractivity contribution in [1.82, 2.24) is 5.32 Å². The zero-order chi connectivity index (χ0) is 20.6. The van der Waals surface area contributed by atoms with Crippen molar-refractivity contribution in [3.05, 3.63) is 54.1 Å². The zero-order valence-electron chi connectivity index (χ0n) is 17.1. The van der Waals surface area contributed by atoms with Crippen LogP contribution in [0, 0.1) is 5.92 Å². The molecule has 2 aromatic carbocycles. The Hall–Kier alpha value is -2.60. The van der Waals surface area contributed by atoms with E-state index in [2.05, 4.69) is 35.4 Å². The van der Waals surface area contributed by atoms with Crippen molar-refractivity contribution in [3.8, 4) is 5.75 Å². The highest BCUT2D eigenvalue weighted by molar-refractivity contribution is 7.80. The van der Waals surface area contributed by atoms with Gasteiger partial charge in [0.15, 0.2) is 5.11 Å². The lowest BCUT2D eigenvalue weighted by Crippen LogP contribution is -2.35. The number of anilines is 2. The van der Waals surface area contributed by atoms with Crippen molar-refractivity contribution in [3.63, 3.8) is 0 Å². The summed E-state index contributed by atoms with van der Waals surface area (Å²) in [5.41, 5.74) is 2.54. The average Bonchev–Trinajstić information content (AvgIpc) is 2.73. The van der Waals surface area contributed by atoms with E-state index in [-0.39, 0.29) is 11.0 Å². The summed E-state index contributed by atoms with van der Waals surface area (Å²) >= 11 is 5.40. The third-order valence-corrected chi connectivity index (χ3v) is 4.96. The maximum absolute atomic E-state index is 12.6. The third-order valence-electron chi connectivity index (χ3n) is 4.76. The van der Waals surface area contributed by atoms with Crippen molar-refractivity contribution in [1.29, 1.82) is 0 Å². The molecule has 0 aliphatic carbocycles. The molecule has 0 unspecified atom stereocenters. The van der Waals surface area contributed by atoms with Crippen LogP contribution in [0.3, 0.4) is 0 Å². The molecule has 2 aromatic rings. The minimum absolute atomic E-state index is 0.257. The largest absolute Gasteiger partial charge is 0.493 e. The Balaban J connectivity index is 1.62. The first-order chi connectivity index (χ1) is 14.0. The summed E-state index contributed by atoms with van der Waals surface area (Å²) in [4.78, 5) is 15.0. The van der Waals surface area contributed by atoms with Crippen LogP contribution >= 0.6 is 12.2 Å². The standard InChI is InChI=1S/C23H29N3O2S/c1-17(2)16-28-19-10-8-9-18(15-19)22(27)25-23(29)24-20-11-4-5-12-21(20)26-13-6-3-7-14-26/h4-5,8-12,15,17H,3,6-7,13-14,16H2,1-2H3,(H2,24,25,27,29). The molecule has 1 saturated heterocycles. The van der Waals surface area contributed by atoms with Crippen LogP contribution in [0.25, 0.3) is 0 Å². The number of rotatable bonds is 6. The van der Waals surface area contributed by atoms with Gasteiger partial charge in [-0.1, -0.05) is 32.0 Å². The molecule has 0 radical (unpaired) electrons. The predicted molar refractivity (Wildman–Crippen MR) is 123 cm³/mol. The molecule has 1 aliphatic heterocycles. The summed E-state index contributed by atoms with van der Waals surface area (Å²) in [6.07, 6.45) is 3.68. The molecule has 29 heavy (non-hydrogen) atoms. The summed E-state index contributed by atoms with van der Waals surface area (Å²) in [5, 5.41) is 6.25. The van der Waals surface area contributed by atoms with Crippen LogP contribution in [0.5, 0.6) is 5.75 Å². The van der Waals surface area contributed by atoms with Gasteiger partial charge < -0.3 is 15.0 Å². The minimum Gasteiger partial charge on any atom is -0.493 e. The fourth-order valence-electron chi connectivity index (χ4n) is 3.31. The van der Waals surface area contributed by atoms with Gasteiger partial charge in [-0.15, -0.1) is 0 Å². The highest BCUT2D eigenvalue weighted by Crippen LogP contribution is 2.28. The van der Waals surface area contributed by atoms with E-state index >= 15 is 0 Å². The maximum Gasteiger partial charge on any atom is 0.257 e. The second kappa shape index (κ2) is 10.3. The topological polar surface area (TPSA) is 53.6 Å². The van der Waals surface area contributed by atoms with Gasteiger partial charge in [-0.3, -0.25) is 10.1 Å². The summed E-state index contributed by atoms with van der Waals surface area (Å²) < 4.78 is 5.71. The van der Waals surface area contributed by atoms with Gasteiger partial charge >= 0.3 is 0 Å². The third kappa shape index (κ3) is 6.19. The number of carbonyl (C=O) groups excluding carboxylic acids is 1. The number of para-hydroxylation sites is 2. The van der Waals surface area contributed by atoms with Gasteiger partial charge in [0.05, 0.1) is 18.0 Å². The van der Waals surface area contributed by atoms with E-state index in [0.717, 1.165) is 24.5 Å². The van der Waals surface area contributed by atoms with Crippen LogP contribution in [0.2, 0.25) is 0 Å². The predicted octanol–water partition coefficient (Wildman–Crippen LogP) is 4.84. The van der Waals surface area contributed by atoms with Gasteiger partial charge in [-0.25, -0.2) is 0 Å². The van der Waals surface area contributed by atoms with E-state index in [1.807, 2.05) is 30.3 Å². The maximum atomic E-state index is 12.6. The Morgan fingerprint density at radius 1 is 1.10 bits per heavy atom. The minimum atomic E-state index is -0.257. The van der Waals surface area contributed by atoms with Crippen LogP contribution in [-0.4, -0.2) is 30.7 Å². The molecule has 0 aromatic heterocycles. The fourth-order valence-corrected chi connectivity index (χ4v) is 3.51. The lowest BCUT2D eigenvalue weighted by Gasteiger charge is -2.30. The molecule has 0 atom stereocenters. The number of piperidine rings is 1. The van der Waals surface area contributed by atoms with Crippen molar-refractivity contribution in [2.45, 2.75) is 33.1 Å². The number of hydrogen-bond donors (Lipinski definition) is 2. The molecular weight excluding hydrogens is 382 g/mol. The zero-order valence-corrected chi connectivity index (χ0v) is 17.9. The van der Waals surface area contributed by atoms with E-state index < -0.39 is 0 Å². The summed E-state index contributed by atoms with van der Waals surface area (Å²) in [6, 6.07) is 15.2. The normalized spacial score (nSPS) is 13.8. The SMILES string of the molecule is CC(C)COc1cccc(C(=O)NC(=S)Nc2ccccc2N2CCCCC2)c1. The Kier molecular flexibility index (Phi) is 7.47. The molecule has 3 rings (SSSR count). The molecule has 1 aliphatic rings. The smallest absolute Gasteiger partial charge is 0.257 e. The van der Waals surface area contributed by atoms with E-state index in [9.17, 15) is 4.79 Å². The van der Waals surface area contributed by atoms with Crippen LogP contribution in [-0.2, 0) is 0 Å². The van der Waals surface area contributed by atoms with Gasteiger partial charge in [-0.05, 0) is 67.7 Å². The molecule has 0 saturated carbocycles. The Morgan fingerprint density at radius 3 is 2.62 bits per heavy atom. The van der Waals surface area contributed by atoms with E-state index in [1.165, 1.54) is 19.3 Å². The van der Waals surface area contributed by atoms with E-state index in [4.69, 9.17) is 17.0 Å². The molecule has 0 bridgehead atoms. The molecule has 1 heterocycles. The van der Waals surface area contributed by atoms with E-state index in [1.54, 1.807) is 12.1 Å². The van der Waals surface area contributed by atoms with Crippen molar-refractivity contribution in [2.75, 3.05) is 29.9 Å². The first-order valence-corrected chi connectivity index (χ1v) is 10.6. The van der Waals surface area contributed by atoms with Crippen LogP contribution in [0.1, 0.15) is 43.5 Å². The molecule has 1 fully saturated rings. The second-order valence-corrected chi connectivity index (χ2v) is 8.11. The number of benzene rings is 2. The number of carbonyl (C=O) groups is 1. The molecule has 1 amide bonds. The molecular formula is C23H29N3O2S. The first kappa shape index (κ1) is 21.1. The van der Waals surface area contributed by atoms with Gasteiger partial charge in [-0.2, -0.15) is 0 Å². The number of amides is 1. The Morgan fingerprint density at radius 2 is 1.86 bits per heavy atom. The molecule has 2 N–H and O–H groups in total. The number of hydrogen-bond acceptors (Lipinski definition) is 4. The van der Waals surface area contributed by atoms with Crippen LogP contribution in [0.4, 0.5) is 11.4 Å². The van der Waals surface area contributed by atoms with Gasteiger partial charge in [0.2, 0.25) is 0 Å². The first-order valence-electron chi connectivity index (χ1n) is 10.2. The number of nitrogens with one attached hydrogen (secondary N) is 2. The number of thiocarbonyl (C=S) groups is 1. The quantitative estimate of drug-likeness (QED) is 0.666. The summed E-state index contributed by atoms with van der Waals surface area (Å²) in [6.45, 7) is 6.87. The number of ether oxygens (including phenoxy) is 1. The lowest BCUT2D eigenvalue weighted by atomic mass is 10.1. The fraction of sp³-hybridized carbons (Fsp3) is 0.391. The second-order valence-electron chi connectivity index (χ2n) is 7.71. The average molecular weight is 412 g/mol. The molecule has 5 nitrogen and oxygen atoms in total. The lowest BCUT2D eigenvalue weighted by molar-refractivity contribution is 0.0977. The van der Waals surface area contributed by atoms with Crippen molar-refractivity contribution >= 4 is 34.6 Å². The van der Waals surface area contributed by atoms with Crippen molar-refractivity contribution < 1.29 is 9.53 Å². The van der Waals surface area contributed by atoms with Gasteiger partial charge in [0, 0.05) is 18.7 Å². The summed E-state index contributed by atoms with van der Waals surface area (Å²) in [7, 11) is 0. The monoisotopic (exact) mass is 411 g/mol. The van der Waals surface area contributed by atoms with E-state index in [0.29, 0.717) is 23.8 Å². The van der Waals surface area contributed by atoms with Crippen LogP contribution in [0.15, 0.2) is 48.5 Å². The van der Waals surface area contributed by atoms with Gasteiger partial charge in [0.1, 0.15) is 5.75 Å². The van der Waals surface area contributed by atoms with Gasteiger partial charge in [0.25, 0.3) is 5.91 Å². The highest BCUT2D eigenvalue weighted by atomic mass is 32.1. The van der Waals surface area contributed by atoms with Crippen molar-refractivity contribution in [2.24, 2.45) is 5.92 Å². The Bertz CT molecular complexity index is 848. The molecule has 6 heteroatoms. The molecule has 0 spiro atoms.